The van der Waals surface area contributed by atoms with Gasteiger partial charge in [0.15, 0.2) is 0 Å². The van der Waals surface area contributed by atoms with Gasteiger partial charge in [-0.3, -0.25) is 9.69 Å². The van der Waals surface area contributed by atoms with Crippen molar-refractivity contribution in [3.8, 4) is 5.75 Å². The average Bonchev–Trinajstić information content (AvgIpc) is 2.98. The van der Waals surface area contributed by atoms with Crippen molar-refractivity contribution in [2.75, 3.05) is 26.2 Å². The molecule has 146 valence electrons. The van der Waals surface area contributed by atoms with Crippen LogP contribution in [0.2, 0.25) is 5.02 Å². The van der Waals surface area contributed by atoms with Crippen LogP contribution in [-0.4, -0.2) is 43.1 Å². The maximum Gasteiger partial charge on any atom is 0.255 e. The lowest BCUT2D eigenvalue weighted by atomic mass is 10.0. The Hall–Kier alpha value is -2.05. The standard InChI is InChI=1S/C20H24ClFN2O3/c1-13-11-17(14(2)27-13)20(25)23-15-5-7-24(8-6-15)9-10-26-16-3-4-18(21)19(22)12-16/h3-4,11-12,15H,5-10H2,1-2H3,(H,23,25). The third-order valence-electron chi connectivity index (χ3n) is 4.78. The third-order valence-corrected chi connectivity index (χ3v) is 5.08. The Morgan fingerprint density at radius 1 is 1.33 bits per heavy atom. The molecule has 1 fully saturated rings. The Morgan fingerprint density at radius 3 is 2.70 bits per heavy atom. The molecular weight excluding hydrogens is 371 g/mol. The molecule has 2 aromatic rings. The van der Waals surface area contributed by atoms with Crippen LogP contribution < -0.4 is 10.1 Å². The van der Waals surface area contributed by atoms with E-state index in [0.717, 1.165) is 38.2 Å². The highest BCUT2D eigenvalue weighted by molar-refractivity contribution is 6.30. The van der Waals surface area contributed by atoms with Crippen LogP contribution in [0, 0.1) is 19.7 Å². The highest BCUT2D eigenvalue weighted by Crippen LogP contribution is 2.20. The molecule has 1 aromatic carbocycles. The van der Waals surface area contributed by atoms with E-state index in [-0.39, 0.29) is 17.0 Å². The summed E-state index contributed by atoms with van der Waals surface area (Å²) in [4.78, 5) is 14.6. The summed E-state index contributed by atoms with van der Waals surface area (Å²) in [5.74, 6) is 1.32. The van der Waals surface area contributed by atoms with Gasteiger partial charge in [-0.1, -0.05) is 11.6 Å². The minimum absolute atomic E-state index is 0.0732. The van der Waals surface area contributed by atoms with E-state index >= 15 is 0 Å². The largest absolute Gasteiger partial charge is 0.492 e. The summed E-state index contributed by atoms with van der Waals surface area (Å²) in [5.41, 5.74) is 0.610. The van der Waals surface area contributed by atoms with Gasteiger partial charge in [-0.25, -0.2) is 4.39 Å². The summed E-state index contributed by atoms with van der Waals surface area (Å²) in [6, 6.07) is 6.38. The first kappa shape index (κ1) is 19.7. The van der Waals surface area contributed by atoms with Crippen LogP contribution in [0.4, 0.5) is 4.39 Å². The first-order valence-corrected chi connectivity index (χ1v) is 9.48. The summed E-state index contributed by atoms with van der Waals surface area (Å²) >= 11 is 5.66. The fourth-order valence-electron chi connectivity index (χ4n) is 3.28. The maximum atomic E-state index is 13.4. The number of nitrogens with zero attached hydrogens (tertiary/aromatic N) is 1. The van der Waals surface area contributed by atoms with Gasteiger partial charge in [-0.2, -0.15) is 0 Å². The van der Waals surface area contributed by atoms with E-state index in [1.165, 1.54) is 12.1 Å². The molecule has 1 aromatic heterocycles. The third kappa shape index (κ3) is 5.23. The van der Waals surface area contributed by atoms with Gasteiger partial charge in [0.25, 0.3) is 5.91 Å². The summed E-state index contributed by atoms with van der Waals surface area (Å²) in [7, 11) is 0. The van der Waals surface area contributed by atoms with Gasteiger partial charge >= 0.3 is 0 Å². The van der Waals surface area contributed by atoms with Crippen molar-refractivity contribution in [1.29, 1.82) is 0 Å². The molecule has 0 bridgehead atoms. The lowest BCUT2D eigenvalue weighted by Gasteiger charge is -2.32. The molecule has 1 saturated heterocycles. The summed E-state index contributed by atoms with van der Waals surface area (Å²) in [6.45, 7) is 6.63. The molecule has 1 N–H and O–H groups in total. The second-order valence-corrected chi connectivity index (χ2v) is 7.25. The molecule has 5 nitrogen and oxygen atoms in total. The first-order valence-electron chi connectivity index (χ1n) is 9.10. The molecule has 1 aliphatic rings. The fourth-order valence-corrected chi connectivity index (χ4v) is 3.40. The molecule has 27 heavy (non-hydrogen) atoms. The second kappa shape index (κ2) is 8.76. The van der Waals surface area contributed by atoms with Crippen molar-refractivity contribution < 1.29 is 18.3 Å². The van der Waals surface area contributed by atoms with Crippen LogP contribution in [0.3, 0.4) is 0 Å². The lowest BCUT2D eigenvalue weighted by Crippen LogP contribution is -2.45. The topological polar surface area (TPSA) is 54.7 Å². The van der Waals surface area contributed by atoms with Crippen LogP contribution in [0.25, 0.3) is 0 Å². The Morgan fingerprint density at radius 2 is 2.07 bits per heavy atom. The number of piperidine rings is 1. The minimum atomic E-state index is -0.478. The molecule has 2 heterocycles. The lowest BCUT2D eigenvalue weighted by molar-refractivity contribution is 0.0904. The van der Waals surface area contributed by atoms with Gasteiger partial charge in [0.05, 0.1) is 10.6 Å². The number of nitrogens with one attached hydrogen (secondary N) is 1. The number of carbonyl (C=O) groups excluding carboxylic acids is 1. The quantitative estimate of drug-likeness (QED) is 0.805. The van der Waals surface area contributed by atoms with Crippen LogP contribution in [0.15, 0.2) is 28.7 Å². The fraction of sp³-hybridized carbons (Fsp3) is 0.450. The first-order chi connectivity index (χ1) is 12.9. The van der Waals surface area contributed by atoms with Crippen LogP contribution in [-0.2, 0) is 0 Å². The van der Waals surface area contributed by atoms with Crippen molar-refractivity contribution in [3.63, 3.8) is 0 Å². The number of aryl methyl sites for hydroxylation is 2. The summed E-state index contributed by atoms with van der Waals surface area (Å²) in [5, 5.41) is 3.18. The average molecular weight is 395 g/mol. The number of ether oxygens (including phenoxy) is 1. The Labute approximate surface area is 163 Å². The maximum absolute atomic E-state index is 13.4. The number of hydrogen-bond donors (Lipinski definition) is 1. The predicted octanol–water partition coefficient (Wildman–Crippen LogP) is 3.96. The molecule has 7 heteroatoms. The van der Waals surface area contributed by atoms with E-state index in [4.69, 9.17) is 20.8 Å². The van der Waals surface area contributed by atoms with E-state index < -0.39 is 5.82 Å². The molecule has 3 rings (SSSR count). The molecule has 0 aliphatic carbocycles. The van der Waals surface area contributed by atoms with Crippen LogP contribution >= 0.6 is 11.6 Å². The number of halogens is 2. The number of likely N-dealkylation sites (tertiary alicyclic amines) is 1. The van der Waals surface area contributed by atoms with Gasteiger partial charge in [-0.05, 0) is 44.9 Å². The number of carbonyl (C=O) groups is 1. The van der Waals surface area contributed by atoms with E-state index in [2.05, 4.69) is 10.2 Å². The van der Waals surface area contributed by atoms with Crippen LogP contribution in [0.5, 0.6) is 5.75 Å². The molecule has 0 unspecified atom stereocenters. The van der Waals surface area contributed by atoms with Crippen molar-refractivity contribution in [2.45, 2.75) is 32.7 Å². The van der Waals surface area contributed by atoms with Gasteiger partial charge in [-0.15, -0.1) is 0 Å². The highest BCUT2D eigenvalue weighted by atomic mass is 35.5. The van der Waals surface area contributed by atoms with E-state index in [1.54, 1.807) is 19.1 Å². The zero-order chi connectivity index (χ0) is 19.4. The minimum Gasteiger partial charge on any atom is -0.492 e. The molecular formula is C20H24ClFN2O3. The van der Waals surface area contributed by atoms with E-state index in [1.807, 2.05) is 6.92 Å². The van der Waals surface area contributed by atoms with Crippen molar-refractivity contribution in [3.05, 3.63) is 52.2 Å². The number of furan rings is 1. The summed E-state index contributed by atoms with van der Waals surface area (Å²) < 4.78 is 24.4. The van der Waals surface area contributed by atoms with Crippen molar-refractivity contribution in [2.24, 2.45) is 0 Å². The SMILES string of the molecule is Cc1cc(C(=O)NC2CCN(CCOc3ccc(Cl)c(F)c3)CC2)c(C)o1. The van der Waals surface area contributed by atoms with Crippen molar-refractivity contribution in [1.82, 2.24) is 10.2 Å². The van der Waals surface area contributed by atoms with E-state index in [9.17, 15) is 9.18 Å². The molecule has 1 aliphatic heterocycles. The normalized spacial score (nSPS) is 15.7. The molecule has 0 spiro atoms. The zero-order valence-corrected chi connectivity index (χ0v) is 16.3. The Balaban J connectivity index is 1.39. The zero-order valence-electron chi connectivity index (χ0n) is 15.6. The van der Waals surface area contributed by atoms with Gasteiger partial charge in [0.2, 0.25) is 0 Å². The monoisotopic (exact) mass is 394 g/mol. The number of rotatable bonds is 6. The molecule has 0 atom stereocenters. The highest BCUT2D eigenvalue weighted by Gasteiger charge is 2.22. The van der Waals surface area contributed by atoms with Gasteiger partial charge < -0.3 is 14.5 Å². The molecule has 1 amide bonds. The number of hydrogen-bond acceptors (Lipinski definition) is 4. The molecule has 0 radical (unpaired) electrons. The molecule has 0 saturated carbocycles. The van der Waals surface area contributed by atoms with Crippen LogP contribution in [0.1, 0.15) is 34.7 Å². The number of amides is 1. The Bertz CT molecular complexity index is 801. The Kier molecular flexibility index (Phi) is 6.39. The predicted molar refractivity (Wildman–Crippen MR) is 102 cm³/mol. The summed E-state index contributed by atoms with van der Waals surface area (Å²) in [6.07, 6.45) is 1.77. The second-order valence-electron chi connectivity index (χ2n) is 6.84. The smallest absolute Gasteiger partial charge is 0.255 e. The van der Waals surface area contributed by atoms with Gasteiger partial charge in [0, 0.05) is 31.7 Å². The van der Waals surface area contributed by atoms with Gasteiger partial charge in [0.1, 0.15) is 29.7 Å². The number of benzene rings is 1. The van der Waals surface area contributed by atoms with Crippen molar-refractivity contribution >= 4 is 17.5 Å². The van der Waals surface area contributed by atoms with E-state index in [0.29, 0.717) is 23.7 Å².